The average molecular weight is 419 g/mol. The zero-order valence-corrected chi connectivity index (χ0v) is 16.3. The van der Waals surface area contributed by atoms with Crippen LogP contribution in [0.4, 0.5) is 10.8 Å². The molecule has 1 amide bonds. The molecule has 0 unspecified atom stereocenters. The number of amides is 1. The molecule has 0 aliphatic carbocycles. The quantitative estimate of drug-likeness (QED) is 0.456. The van der Waals surface area contributed by atoms with E-state index in [1.165, 1.54) is 23.5 Å². The number of nitro benzene ring substituents is 1. The molecule has 3 rings (SSSR count). The van der Waals surface area contributed by atoms with Crippen LogP contribution in [-0.4, -0.2) is 28.1 Å². The highest BCUT2D eigenvalue weighted by molar-refractivity contribution is 7.15. The minimum atomic E-state index is -0.652. The number of nitrogens with zero attached hydrogens (tertiary/aromatic N) is 3. The lowest BCUT2D eigenvalue weighted by Gasteiger charge is -2.03. The first kappa shape index (κ1) is 19.7. The molecule has 10 heteroatoms. The highest BCUT2D eigenvalue weighted by atomic mass is 35.5. The van der Waals surface area contributed by atoms with Crippen molar-refractivity contribution < 1.29 is 14.5 Å². The smallest absolute Gasteiger partial charge is 0.283 e. The number of aromatic nitrogens is 2. The second-order valence-corrected chi connectivity index (χ2v) is 7.22. The van der Waals surface area contributed by atoms with Crippen LogP contribution in [0, 0.1) is 10.1 Å². The number of hydrogen-bond acceptors (Lipinski definition) is 7. The highest BCUT2D eigenvalue weighted by Crippen LogP contribution is 2.25. The summed E-state index contributed by atoms with van der Waals surface area (Å²) in [5.74, 6) is 0.155. The normalized spacial score (nSPS) is 10.5. The van der Waals surface area contributed by atoms with Crippen LogP contribution in [0.15, 0.2) is 42.5 Å². The number of aryl methyl sites for hydroxylation is 2. The molecule has 0 aliphatic rings. The molecule has 3 aromatic rings. The van der Waals surface area contributed by atoms with Gasteiger partial charge in [0.1, 0.15) is 16.3 Å². The van der Waals surface area contributed by atoms with Gasteiger partial charge >= 0.3 is 0 Å². The van der Waals surface area contributed by atoms with Gasteiger partial charge in [-0.3, -0.25) is 20.2 Å². The van der Waals surface area contributed by atoms with Crippen LogP contribution in [0.2, 0.25) is 5.02 Å². The molecular formula is C18H15ClN4O4S. The summed E-state index contributed by atoms with van der Waals surface area (Å²) in [6.45, 7) is 0. The third kappa shape index (κ3) is 4.81. The Morgan fingerprint density at radius 1 is 1.21 bits per heavy atom. The van der Waals surface area contributed by atoms with Gasteiger partial charge in [0, 0.05) is 17.5 Å². The first-order valence-corrected chi connectivity index (χ1v) is 9.36. The molecule has 0 radical (unpaired) electrons. The lowest BCUT2D eigenvalue weighted by Crippen LogP contribution is -2.13. The van der Waals surface area contributed by atoms with E-state index in [0.717, 1.165) is 28.8 Å². The number of methoxy groups -OCH3 is 1. The fraction of sp³-hybridized carbons (Fsp3) is 0.167. The largest absolute Gasteiger partial charge is 0.497 e. The Balaban J connectivity index is 1.64. The van der Waals surface area contributed by atoms with Gasteiger partial charge in [0.25, 0.3) is 11.6 Å². The molecule has 0 saturated heterocycles. The van der Waals surface area contributed by atoms with Crippen molar-refractivity contribution in [2.45, 2.75) is 12.8 Å². The Morgan fingerprint density at radius 2 is 1.96 bits per heavy atom. The summed E-state index contributed by atoms with van der Waals surface area (Å²) < 4.78 is 5.13. The van der Waals surface area contributed by atoms with Crippen molar-refractivity contribution in [3.8, 4) is 5.75 Å². The van der Waals surface area contributed by atoms with Crippen molar-refractivity contribution in [1.82, 2.24) is 10.2 Å². The number of carbonyl (C=O) groups excluding carboxylic acids is 1. The van der Waals surface area contributed by atoms with Gasteiger partial charge in [-0.05, 0) is 36.2 Å². The number of hydrogen-bond donors (Lipinski definition) is 1. The van der Waals surface area contributed by atoms with Crippen LogP contribution in [0.25, 0.3) is 0 Å². The number of ether oxygens (including phenoxy) is 1. The number of carbonyl (C=O) groups is 1. The summed E-state index contributed by atoms with van der Waals surface area (Å²) in [7, 11) is 1.62. The molecule has 0 fully saturated rings. The second kappa shape index (κ2) is 8.77. The van der Waals surface area contributed by atoms with Crippen LogP contribution in [-0.2, 0) is 12.8 Å². The predicted octanol–water partition coefficient (Wildman–Crippen LogP) is 4.15. The van der Waals surface area contributed by atoms with Gasteiger partial charge in [0.05, 0.1) is 12.0 Å². The van der Waals surface area contributed by atoms with Crippen molar-refractivity contribution in [3.05, 3.63) is 73.7 Å². The number of rotatable bonds is 7. The van der Waals surface area contributed by atoms with Gasteiger partial charge in [0.15, 0.2) is 0 Å². The molecule has 144 valence electrons. The SMILES string of the molecule is COc1ccc(CCc2nnc(NC(=O)c3ccc(Cl)cc3[N+](=O)[O-])s2)cc1. The maximum Gasteiger partial charge on any atom is 0.283 e. The Hall–Kier alpha value is -3.04. The van der Waals surface area contributed by atoms with E-state index in [-0.39, 0.29) is 21.4 Å². The van der Waals surface area contributed by atoms with E-state index in [1.54, 1.807) is 7.11 Å². The minimum Gasteiger partial charge on any atom is -0.497 e. The first-order chi connectivity index (χ1) is 13.5. The van der Waals surface area contributed by atoms with Crippen molar-refractivity contribution in [1.29, 1.82) is 0 Å². The molecule has 1 N–H and O–H groups in total. The Labute approximate surface area is 169 Å². The van der Waals surface area contributed by atoms with E-state index in [1.807, 2.05) is 24.3 Å². The van der Waals surface area contributed by atoms with E-state index in [4.69, 9.17) is 16.3 Å². The van der Waals surface area contributed by atoms with Gasteiger partial charge in [0.2, 0.25) is 5.13 Å². The molecule has 0 saturated carbocycles. The maximum atomic E-state index is 12.4. The molecule has 0 bridgehead atoms. The zero-order chi connectivity index (χ0) is 20.1. The maximum absolute atomic E-state index is 12.4. The topological polar surface area (TPSA) is 107 Å². The second-order valence-electron chi connectivity index (χ2n) is 5.72. The first-order valence-electron chi connectivity index (χ1n) is 8.17. The Kier molecular flexibility index (Phi) is 6.17. The standard InChI is InChI=1S/C18H15ClN4O4S/c1-27-13-6-2-11(3-7-13)4-9-16-21-22-18(28-16)20-17(24)14-8-5-12(19)10-15(14)23(25)26/h2-3,5-8,10H,4,9H2,1H3,(H,20,22,24). The number of halogens is 1. The number of nitro groups is 1. The van der Waals surface area contributed by atoms with Crippen molar-refractivity contribution in [2.75, 3.05) is 12.4 Å². The van der Waals surface area contributed by atoms with Crippen LogP contribution in [0.1, 0.15) is 20.9 Å². The van der Waals surface area contributed by atoms with E-state index < -0.39 is 10.8 Å². The lowest BCUT2D eigenvalue weighted by atomic mass is 10.1. The highest BCUT2D eigenvalue weighted by Gasteiger charge is 2.21. The van der Waals surface area contributed by atoms with Crippen LogP contribution in [0.5, 0.6) is 5.75 Å². The molecule has 0 spiro atoms. The number of nitrogens with one attached hydrogen (secondary N) is 1. The predicted molar refractivity (Wildman–Crippen MR) is 106 cm³/mol. The summed E-state index contributed by atoms with van der Waals surface area (Å²) in [6, 6.07) is 11.6. The van der Waals surface area contributed by atoms with E-state index in [0.29, 0.717) is 6.42 Å². The minimum absolute atomic E-state index is 0.0932. The molecule has 8 nitrogen and oxygen atoms in total. The fourth-order valence-corrected chi connectivity index (χ4v) is 3.36. The monoisotopic (exact) mass is 418 g/mol. The summed E-state index contributed by atoms with van der Waals surface area (Å²) in [5, 5.41) is 22.9. The zero-order valence-electron chi connectivity index (χ0n) is 14.7. The third-order valence-corrected chi connectivity index (χ3v) is 5.01. The molecule has 28 heavy (non-hydrogen) atoms. The lowest BCUT2D eigenvalue weighted by molar-refractivity contribution is -0.385. The molecule has 1 aromatic heterocycles. The van der Waals surface area contributed by atoms with E-state index >= 15 is 0 Å². The summed E-state index contributed by atoms with van der Waals surface area (Å²) in [5.41, 5.74) is 0.664. The van der Waals surface area contributed by atoms with Crippen molar-refractivity contribution >= 4 is 39.7 Å². The van der Waals surface area contributed by atoms with Gasteiger partial charge in [-0.2, -0.15) is 0 Å². The summed E-state index contributed by atoms with van der Waals surface area (Å²) >= 11 is 6.99. The van der Waals surface area contributed by atoms with Crippen molar-refractivity contribution in [3.63, 3.8) is 0 Å². The average Bonchev–Trinajstić information content (AvgIpc) is 3.13. The van der Waals surface area contributed by atoms with Crippen LogP contribution in [0.3, 0.4) is 0 Å². The van der Waals surface area contributed by atoms with Gasteiger partial charge in [-0.25, -0.2) is 0 Å². The van der Waals surface area contributed by atoms with Crippen LogP contribution < -0.4 is 10.1 Å². The van der Waals surface area contributed by atoms with Crippen LogP contribution >= 0.6 is 22.9 Å². The molecular weight excluding hydrogens is 404 g/mol. The van der Waals surface area contributed by atoms with Crippen molar-refractivity contribution in [2.24, 2.45) is 0 Å². The summed E-state index contributed by atoms with van der Waals surface area (Å²) in [6.07, 6.45) is 1.41. The number of benzene rings is 2. The fourth-order valence-electron chi connectivity index (χ4n) is 2.46. The third-order valence-electron chi connectivity index (χ3n) is 3.88. The molecule has 0 aliphatic heterocycles. The molecule has 0 atom stereocenters. The molecule has 2 aromatic carbocycles. The van der Waals surface area contributed by atoms with E-state index in [9.17, 15) is 14.9 Å². The summed E-state index contributed by atoms with van der Waals surface area (Å²) in [4.78, 5) is 22.8. The Morgan fingerprint density at radius 3 is 2.64 bits per heavy atom. The van der Waals surface area contributed by atoms with Gasteiger partial charge in [-0.1, -0.05) is 35.1 Å². The molecule has 1 heterocycles. The van der Waals surface area contributed by atoms with E-state index in [2.05, 4.69) is 15.5 Å². The Bertz CT molecular complexity index is 1010. The van der Waals surface area contributed by atoms with Gasteiger partial charge < -0.3 is 4.74 Å². The number of anilines is 1. The van der Waals surface area contributed by atoms with Gasteiger partial charge in [-0.15, -0.1) is 10.2 Å².